The van der Waals surface area contributed by atoms with E-state index >= 15 is 0 Å². The zero-order chi connectivity index (χ0) is 32.9. The lowest BCUT2D eigenvalue weighted by molar-refractivity contribution is -0.136. The summed E-state index contributed by atoms with van der Waals surface area (Å²) < 4.78 is 1.90. The highest BCUT2D eigenvalue weighted by Crippen LogP contribution is 2.29. The van der Waals surface area contributed by atoms with Crippen molar-refractivity contribution in [3.63, 3.8) is 0 Å². The van der Waals surface area contributed by atoms with Crippen LogP contribution in [-0.2, 0) is 17.9 Å². The molecule has 4 rings (SSSR count). The van der Waals surface area contributed by atoms with Gasteiger partial charge in [-0.1, -0.05) is 98.3 Å². The van der Waals surface area contributed by atoms with E-state index in [0.29, 0.717) is 28.4 Å². The van der Waals surface area contributed by atoms with Crippen molar-refractivity contribution >= 4 is 29.1 Å². The second kappa shape index (κ2) is 16.9. The van der Waals surface area contributed by atoms with Gasteiger partial charge >= 0.3 is 5.97 Å². The maximum absolute atomic E-state index is 12.4. The van der Waals surface area contributed by atoms with Gasteiger partial charge in [0.05, 0.1) is 31.0 Å². The van der Waals surface area contributed by atoms with Gasteiger partial charge in [-0.25, -0.2) is 0 Å². The fraction of sp³-hybridized carbons (Fsp3) is 0.216. The number of allylic oxidation sites excluding steroid dienone is 5. The predicted octanol–water partition coefficient (Wildman–Crippen LogP) is 8.09. The number of aliphatic carboxylic acids is 1. The van der Waals surface area contributed by atoms with Crippen LogP contribution < -0.4 is 5.32 Å². The topological polar surface area (TPSA) is 104 Å². The molecule has 0 saturated heterocycles. The number of carbonyl (C=O) groups excluding carboxylic acids is 1. The normalized spacial score (nSPS) is 10.8. The van der Waals surface area contributed by atoms with Gasteiger partial charge in [0.25, 0.3) is 5.91 Å². The van der Waals surface area contributed by atoms with Gasteiger partial charge in [0.1, 0.15) is 0 Å². The van der Waals surface area contributed by atoms with Crippen molar-refractivity contribution in [2.24, 2.45) is 0 Å². The van der Waals surface area contributed by atoms with Crippen molar-refractivity contribution in [2.45, 2.75) is 47.3 Å². The lowest BCUT2D eigenvalue weighted by Gasteiger charge is -2.10. The summed E-state index contributed by atoms with van der Waals surface area (Å²) >= 11 is 6.41. The molecule has 4 aromatic rings. The van der Waals surface area contributed by atoms with Crippen molar-refractivity contribution in [1.82, 2.24) is 15.1 Å². The van der Waals surface area contributed by atoms with Crippen LogP contribution in [0.15, 0.2) is 108 Å². The van der Waals surface area contributed by atoms with Crippen LogP contribution in [0.1, 0.15) is 61.3 Å². The Labute approximate surface area is 270 Å². The smallest absolute Gasteiger partial charge is 0.305 e. The van der Waals surface area contributed by atoms with E-state index in [9.17, 15) is 14.7 Å². The van der Waals surface area contributed by atoms with Crippen molar-refractivity contribution in [2.75, 3.05) is 6.54 Å². The number of nitrogens with one attached hydrogen (secondary N) is 1. The molecule has 0 unspecified atom stereocenters. The third kappa shape index (κ3) is 10.2. The van der Waals surface area contributed by atoms with Gasteiger partial charge in [0.15, 0.2) is 0 Å². The first kappa shape index (κ1) is 34.8. The first-order chi connectivity index (χ1) is 21.6. The molecule has 7 nitrogen and oxygen atoms in total. The molecule has 0 radical (unpaired) electrons. The third-order valence-corrected chi connectivity index (χ3v) is 6.89. The van der Waals surface area contributed by atoms with Crippen LogP contribution in [0.2, 0.25) is 0 Å². The Kier molecular flexibility index (Phi) is 13.1. The summed E-state index contributed by atoms with van der Waals surface area (Å²) in [5, 5.41) is 26.2. The molecule has 0 aliphatic carbocycles. The monoisotopic (exact) mass is 625 g/mol. The van der Waals surface area contributed by atoms with Crippen molar-refractivity contribution in [3.05, 3.63) is 131 Å². The van der Waals surface area contributed by atoms with Crippen molar-refractivity contribution in [1.29, 1.82) is 0 Å². The summed E-state index contributed by atoms with van der Waals surface area (Å²) in [7, 11) is 0. The Balaban J connectivity index is 0.00000271. The van der Waals surface area contributed by atoms with E-state index in [2.05, 4.69) is 24.0 Å². The number of carbonyl (C=O) groups is 2. The number of rotatable bonds is 12. The van der Waals surface area contributed by atoms with Crippen molar-refractivity contribution in [3.8, 4) is 22.4 Å². The van der Waals surface area contributed by atoms with Gasteiger partial charge in [0, 0.05) is 17.1 Å². The maximum atomic E-state index is 12.4. The Hall–Kier alpha value is -4.72. The van der Waals surface area contributed by atoms with Crippen LogP contribution in [0.3, 0.4) is 0 Å². The number of benzene rings is 3. The summed E-state index contributed by atoms with van der Waals surface area (Å²) in [5.41, 5.74) is 8.65. The van der Waals surface area contributed by atoms with E-state index < -0.39 is 5.97 Å². The standard InChI is InChI=1S/C35H34ClN3O4.C2H6/c1-23(2)18-31(36)19-24(3)32-20-33(29-14-12-28(13-15-29)27-8-6-26(22-40)7-9-27)39(38-32)21-25-4-10-30(11-5-25)35(43)37-17-16-34(41)42;1-2/h4-15,18-20,40H,3,16-17,21-22H2,1-2H3,(H,37,43)(H,41,42);1-2H3/b31-19+;. The minimum atomic E-state index is -0.964. The molecule has 1 heterocycles. The minimum Gasteiger partial charge on any atom is -0.481 e. The van der Waals surface area contributed by atoms with E-state index in [1.807, 2.05) is 93.1 Å². The lowest BCUT2D eigenvalue weighted by atomic mass is 10.0. The number of hydrogen-bond acceptors (Lipinski definition) is 4. The van der Waals surface area contributed by atoms with E-state index in [1.165, 1.54) is 0 Å². The second-order valence-corrected chi connectivity index (χ2v) is 10.8. The fourth-order valence-electron chi connectivity index (χ4n) is 4.44. The molecule has 3 aromatic carbocycles. The highest BCUT2D eigenvalue weighted by molar-refractivity contribution is 6.31. The predicted molar refractivity (Wildman–Crippen MR) is 183 cm³/mol. The molecule has 0 aliphatic rings. The average molecular weight is 626 g/mol. The van der Waals surface area contributed by atoms with E-state index in [4.69, 9.17) is 21.8 Å². The van der Waals surface area contributed by atoms with Gasteiger partial charge in [0.2, 0.25) is 0 Å². The Morgan fingerprint density at radius 2 is 1.44 bits per heavy atom. The number of carboxylic acids is 1. The highest BCUT2D eigenvalue weighted by atomic mass is 35.5. The SMILES string of the molecule is C=C(/C=C(/Cl)C=C(C)C)c1cc(-c2ccc(-c3ccc(CO)cc3)cc2)n(Cc2ccc(C(=O)NCCC(=O)O)cc2)n1.CC. The molecule has 1 aromatic heterocycles. The summed E-state index contributed by atoms with van der Waals surface area (Å²) in [6, 6.07) is 25.1. The molecular weight excluding hydrogens is 586 g/mol. The van der Waals surface area contributed by atoms with Gasteiger partial charge in [-0.05, 0) is 77.6 Å². The van der Waals surface area contributed by atoms with Gasteiger partial charge < -0.3 is 15.5 Å². The van der Waals surface area contributed by atoms with Gasteiger partial charge in [-0.15, -0.1) is 0 Å². The number of hydrogen-bond donors (Lipinski definition) is 3. The Morgan fingerprint density at radius 1 is 0.889 bits per heavy atom. The number of halogens is 1. The summed E-state index contributed by atoms with van der Waals surface area (Å²) in [5.74, 6) is -1.29. The van der Waals surface area contributed by atoms with Gasteiger partial charge in [-0.3, -0.25) is 14.3 Å². The first-order valence-electron chi connectivity index (χ1n) is 14.8. The maximum Gasteiger partial charge on any atom is 0.305 e. The number of aliphatic hydroxyl groups is 1. The average Bonchev–Trinajstić information content (AvgIpc) is 3.45. The molecular formula is C37H40ClN3O4. The third-order valence-electron chi connectivity index (χ3n) is 6.67. The summed E-state index contributed by atoms with van der Waals surface area (Å²) in [6.07, 6.45) is 3.53. The summed E-state index contributed by atoms with van der Waals surface area (Å²) in [6.45, 7) is 12.7. The highest BCUT2D eigenvalue weighted by Gasteiger charge is 2.14. The molecule has 1 amide bonds. The van der Waals surface area contributed by atoms with Crippen molar-refractivity contribution < 1.29 is 19.8 Å². The van der Waals surface area contributed by atoms with Crippen LogP contribution in [0.25, 0.3) is 28.0 Å². The Morgan fingerprint density at radius 3 is 2.00 bits per heavy atom. The quantitative estimate of drug-likeness (QED) is 0.138. The molecule has 45 heavy (non-hydrogen) atoms. The number of aliphatic hydroxyl groups excluding tert-OH is 1. The molecule has 234 valence electrons. The van der Waals surface area contributed by atoms with Crippen LogP contribution in [-0.4, -0.2) is 38.4 Å². The molecule has 0 spiro atoms. The van der Waals surface area contributed by atoms with Crippen LogP contribution in [0.4, 0.5) is 0 Å². The zero-order valence-electron chi connectivity index (χ0n) is 26.2. The van der Waals surface area contributed by atoms with Crippen LogP contribution >= 0.6 is 11.6 Å². The number of carboxylic acid groups (broad SMARTS) is 1. The zero-order valence-corrected chi connectivity index (χ0v) is 26.9. The minimum absolute atomic E-state index is 0.00822. The molecule has 8 heteroatoms. The largest absolute Gasteiger partial charge is 0.481 e. The number of nitrogens with zero attached hydrogens (tertiary/aromatic N) is 2. The number of amides is 1. The van der Waals surface area contributed by atoms with Crippen LogP contribution in [0, 0.1) is 0 Å². The fourth-order valence-corrected chi connectivity index (χ4v) is 4.79. The van der Waals surface area contributed by atoms with Gasteiger partial charge in [-0.2, -0.15) is 5.10 Å². The lowest BCUT2D eigenvalue weighted by Crippen LogP contribution is -2.25. The molecule has 0 saturated carbocycles. The summed E-state index contributed by atoms with van der Waals surface area (Å²) in [4.78, 5) is 23.1. The number of aromatic nitrogens is 2. The Bertz CT molecular complexity index is 1660. The molecule has 0 bridgehead atoms. The molecule has 0 fully saturated rings. The molecule has 3 N–H and O–H groups in total. The van der Waals surface area contributed by atoms with E-state index in [1.54, 1.807) is 18.2 Å². The van der Waals surface area contributed by atoms with Crippen LogP contribution in [0.5, 0.6) is 0 Å². The second-order valence-electron chi connectivity index (χ2n) is 10.4. The first-order valence-corrected chi connectivity index (χ1v) is 15.2. The van der Waals surface area contributed by atoms with E-state index in [-0.39, 0.29) is 25.5 Å². The molecule has 0 aliphatic heterocycles. The molecule has 0 atom stereocenters. The van der Waals surface area contributed by atoms with E-state index in [0.717, 1.165) is 39.1 Å².